The Balaban J connectivity index is 1.66. The molecule has 1 aliphatic carbocycles. The summed E-state index contributed by atoms with van der Waals surface area (Å²) in [4.78, 5) is 11.7. The van der Waals surface area contributed by atoms with Crippen molar-refractivity contribution in [3.8, 4) is 5.75 Å². The molecule has 0 fully saturated rings. The first-order chi connectivity index (χ1) is 12.0. The molecule has 6 heteroatoms. The van der Waals surface area contributed by atoms with Gasteiger partial charge in [0, 0.05) is 4.88 Å². The Morgan fingerprint density at radius 3 is 2.68 bits per heavy atom. The molecular weight excluding hydrogens is 334 g/mol. The minimum atomic E-state index is -0.697. The van der Waals surface area contributed by atoms with Crippen molar-refractivity contribution in [2.75, 3.05) is 5.32 Å². The molecule has 3 N–H and O–H groups in total. The van der Waals surface area contributed by atoms with Crippen LogP contribution in [-0.4, -0.2) is 26.2 Å². The fourth-order valence-electron chi connectivity index (χ4n) is 3.46. The number of nitrogens with one attached hydrogen (secondary N) is 1. The highest BCUT2D eigenvalue weighted by Crippen LogP contribution is 2.40. The van der Waals surface area contributed by atoms with E-state index in [9.17, 15) is 10.2 Å². The number of phenolic OH excluding ortho intramolecular Hbond substituents is 1. The van der Waals surface area contributed by atoms with Crippen molar-refractivity contribution in [3.63, 3.8) is 0 Å². The summed E-state index contributed by atoms with van der Waals surface area (Å²) in [6, 6.07) is 6.43. The second kappa shape index (κ2) is 6.28. The number of aryl methyl sites for hydroxylation is 3. The minimum Gasteiger partial charge on any atom is -0.508 e. The van der Waals surface area contributed by atoms with Gasteiger partial charge in [-0.1, -0.05) is 12.1 Å². The summed E-state index contributed by atoms with van der Waals surface area (Å²) in [6.07, 6.45) is 2.69. The van der Waals surface area contributed by atoms with Crippen molar-refractivity contribution in [2.24, 2.45) is 0 Å². The lowest BCUT2D eigenvalue weighted by atomic mass is 10.0. The van der Waals surface area contributed by atoms with Gasteiger partial charge >= 0.3 is 0 Å². The monoisotopic (exact) mass is 355 g/mol. The summed E-state index contributed by atoms with van der Waals surface area (Å²) in [7, 11) is 0. The van der Waals surface area contributed by atoms with Gasteiger partial charge in [-0.05, 0) is 56.4 Å². The molecule has 0 spiro atoms. The molecule has 25 heavy (non-hydrogen) atoms. The molecular formula is C19H21N3O2S. The Bertz CT molecular complexity index is 921. The maximum Gasteiger partial charge on any atom is 0.139 e. The van der Waals surface area contributed by atoms with Gasteiger partial charge < -0.3 is 15.5 Å². The first kappa shape index (κ1) is 16.3. The average Bonchev–Trinajstić information content (AvgIpc) is 3.15. The average molecular weight is 355 g/mol. The number of rotatable bonds is 4. The van der Waals surface area contributed by atoms with Crippen molar-refractivity contribution >= 4 is 27.4 Å². The molecule has 0 saturated carbocycles. The zero-order valence-corrected chi connectivity index (χ0v) is 15.1. The van der Waals surface area contributed by atoms with Gasteiger partial charge in [0.1, 0.15) is 22.2 Å². The van der Waals surface area contributed by atoms with Gasteiger partial charge in [-0.3, -0.25) is 0 Å². The van der Waals surface area contributed by atoms with Gasteiger partial charge in [-0.25, -0.2) is 9.97 Å². The summed E-state index contributed by atoms with van der Waals surface area (Å²) in [5.41, 5.74) is 2.13. The van der Waals surface area contributed by atoms with E-state index < -0.39 is 6.10 Å². The molecule has 2 aromatic heterocycles. The number of hydrogen-bond acceptors (Lipinski definition) is 6. The topological polar surface area (TPSA) is 78.3 Å². The maximum atomic E-state index is 10.6. The third kappa shape index (κ3) is 2.96. The first-order valence-electron chi connectivity index (χ1n) is 8.55. The minimum absolute atomic E-state index is 0.193. The van der Waals surface area contributed by atoms with Crippen molar-refractivity contribution in [1.29, 1.82) is 0 Å². The number of benzene rings is 1. The number of hydrogen-bond donors (Lipinski definition) is 3. The van der Waals surface area contributed by atoms with Crippen molar-refractivity contribution < 1.29 is 10.2 Å². The van der Waals surface area contributed by atoms with Crippen LogP contribution in [0.1, 0.15) is 41.3 Å². The number of aliphatic hydroxyl groups is 1. The zero-order valence-electron chi connectivity index (χ0n) is 14.3. The SMILES string of the molecule is Cc1nc(NC(C)C(O)c2ccc(O)cc2)c2c3c(sc2n1)CCC3. The second-order valence-corrected chi connectivity index (χ2v) is 7.71. The lowest BCUT2D eigenvalue weighted by Gasteiger charge is -2.22. The number of anilines is 1. The molecule has 2 heterocycles. The standard InChI is InChI=1S/C19H21N3O2S/c1-10(17(24)12-6-8-13(23)9-7-12)20-18-16-14-4-3-5-15(14)25-19(16)22-11(2)21-18/h6-10,17,23-24H,3-5H2,1-2H3,(H,20,21,22). The maximum absolute atomic E-state index is 10.6. The van der Waals surface area contributed by atoms with Crippen LogP contribution in [-0.2, 0) is 12.8 Å². The molecule has 0 radical (unpaired) electrons. The van der Waals surface area contributed by atoms with Gasteiger partial charge in [0.2, 0.25) is 0 Å². The number of phenols is 1. The number of aromatic nitrogens is 2. The van der Waals surface area contributed by atoms with Crippen LogP contribution in [0.25, 0.3) is 10.2 Å². The van der Waals surface area contributed by atoms with Gasteiger partial charge in [0.25, 0.3) is 0 Å². The fraction of sp³-hybridized carbons (Fsp3) is 0.368. The molecule has 3 aromatic rings. The lowest BCUT2D eigenvalue weighted by molar-refractivity contribution is 0.160. The molecule has 0 amide bonds. The van der Waals surface area contributed by atoms with Crippen LogP contribution in [0.5, 0.6) is 5.75 Å². The van der Waals surface area contributed by atoms with Gasteiger partial charge in [-0.2, -0.15) is 0 Å². The van der Waals surface area contributed by atoms with E-state index in [0.717, 1.165) is 40.3 Å². The van der Waals surface area contributed by atoms with E-state index in [0.29, 0.717) is 0 Å². The van der Waals surface area contributed by atoms with Crippen molar-refractivity contribution in [2.45, 2.75) is 45.3 Å². The summed E-state index contributed by atoms with van der Waals surface area (Å²) in [5.74, 6) is 1.74. The van der Waals surface area contributed by atoms with Crippen LogP contribution in [0.2, 0.25) is 0 Å². The highest BCUT2D eigenvalue weighted by molar-refractivity contribution is 7.19. The smallest absolute Gasteiger partial charge is 0.139 e. The Labute approximate surface area is 150 Å². The van der Waals surface area contributed by atoms with Crippen molar-refractivity contribution in [1.82, 2.24) is 9.97 Å². The van der Waals surface area contributed by atoms with E-state index in [4.69, 9.17) is 0 Å². The van der Waals surface area contributed by atoms with Gasteiger partial charge in [0.15, 0.2) is 0 Å². The zero-order chi connectivity index (χ0) is 17.6. The summed E-state index contributed by atoms with van der Waals surface area (Å²) < 4.78 is 0. The Morgan fingerprint density at radius 2 is 1.92 bits per heavy atom. The Hall–Kier alpha value is -2.18. The molecule has 0 aliphatic heterocycles. The predicted molar refractivity (Wildman–Crippen MR) is 100 cm³/mol. The lowest BCUT2D eigenvalue weighted by Crippen LogP contribution is -2.25. The van der Waals surface area contributed by atoms with Gasteiger partial charge in [0.05, 0.1) is 17.5 Å². The van der Waals surface area contributed by atoms with Crippen LogP contribution in [0.3, 0.4) is 0 Å². The van der Waals surface area contributed by atoms with E-state index >= 15 is 0 Å². The number of fused-ring (bicyclic) bond motifs is 3. The number of aromatic hydroxyl groups is 1. The van der Waals surface area contributed by atoms with E-state index in [2.05, 4.69) is 15.3 Å². The molecule has 2 unspecified atom stereocenters. The third-order valence-electron chi connectivity index (χ3n) is 4.75. The van der Waals surface area contributed by atoms with Gasteiger partial charge in [-0.15, -0.1) is 11.3 Å². The van der Waals surface area contributed by atoms with E-state index in [1.165, 1.54) is 16.9 Å². The van der Waals surface area contributed by atoms with Crippen LogP contribution in [0.4, 0.5) is 5.82 Å². The molecule has 5 nitrogen and oxygen atoms in total. The van der Waals surface area contributed by atoms with E-state index in [1.54, 1.807) is 35.6 Å². The number of nitrogens with zero attached hydrogens (tertiary/aromatic N) is 2. The van der Waals surface area contributed by atoms with Crippen molar-refractivity contribution in [3.05, 3.63) is 46.1 Å². The molecule has 1 aliphatic rings. The normalized spacial score (nSPS) is 16.0. The Morgan fingerprint density at radius 1 is 1.16 bits per heavy atom. The molecule has 0 bridgehead atoms. The van der Waals surface area contributed by atoms with E-state index in [1.807, 2.05) is 13.8 Å². The highest BCUT2D eigenvalue weighted by Gasteiger charge is 2.24. The molecule has 1 aromatic carbocycles. The second-order valence-electron chi connectivity index (χ2n) is 6.63. The first-order valence-corrected chi connectivity index (χ1v) is 9.37. The van der Waals surface area contributed by atoms with Crippen LogP contribution in [0.15, 0.2) is 24.3 Å². The predicted octanol–water partition coefficient (Wildman–Crippen LogP) is 3.73. The number of thiophene rings is 1. The third-order valence-corrected chi connectivity index (χ3v) is 5.93. The molecule has 4 rings (SSSR count). The van der Waals surface area contributed by atoms with E-state index in [-0.39, 0.29) is 11.8 Å². The molecule has 2 atom stereocenters. The Kier molecular flexibility index (Phi) is 4.09. The molecule has 0 saturated heterocycles. The fourth-order valence-corrected chi connectivity index (χ4v) is 4.77. The summed E-state index contributed by atoms with van der Waals surface area (Å²) in [6.45, 7) is 3.84. The van der Waals surface area contributed by atoms with Crippen LogP contribution in [0, 0.1) is 6.92 Å². The molecule has 130 valence electrons. The largest absolute Gasteiger partial charge is 0.508 e. The quantitative estimate of drug-likeness (QED) is 0.665. The summed E-state index contributed by atoms with van der Waals surface area (Å²) in [5, 5.41) is 24.6. The van der Waals surface area contributed by atoms with Crippen LogP contribution < -0.4 is 5.32 Å². The summed E-state index contributed by atoms with van der Waals surface area (Å²) >= 11 is 1.77. The number of aliphatic hydroxyl groups excluding tert-OH is 1. The highest BCUT2D eigenvalue weighted by atomic mass is 32.1. The van der Waals surface area contributed by atoms with Crippen LogP contribution >= 0.6 is 11.3 Å².